The molecule has 0 fully saturated rings. The van der Waals surface area contributed by atoms with Crippen molar-refractivity contribution in [3.63, 3.8) is 0 Å². The molecule has 0 aliphatic carbocycles. The minimum absolute atomic E-state index is 0.324. The first-order chi connectivity index (χ1) is 29.8. The molecular formula is C57H41N3. The number of hydrogen-bond acceptors (Lipinski definition) is 3. The molecule has 0 radical (unpaired) electrons. The number of allylic oxidation sites excluding steroid dienone is 1. The molecule has 8 aromatic carbocycles. The van der Waals surface area contributed by atoms with E-state index in [-0.39, 0.29) is 6.17 Å². The van der Waals surface area contributed by atoms with Gasteiger partial charge in [-0.25, -0.2) is 4.98 Å². The molecule has 284 valence electrons. The molecule has 0 saturated heterocycles. The van der Waals surface area contributed by atoms with Crippen LogP contribution < -0.4 is 5.32 Å². The number of nitrogens with one attached hydrogen (secondary N) is 1. The van der Waals surface area contributed by atoms with Crippen LogP contribution in [0.5, 0.6) is 0 Å². The van der Waals surface area contributed by atoms with Crippen molar-refractivity contribution in [2.24, 2.45) is 4.99 Å². The summed E-state index contributed by atoms with van der Waals surface area (Å²) in [6.07, 6.45) is 1.87. The van der Waals surface area contributed by atoms with Crippen molar-refractivity contribution in [2.75, 3.05) is 0 Å². The maximum atomic E-state index is 5.65. The van der Waals surface area contributed by atoms with Crippen LogP contribution in [0.1, 0.15) is 22.9 Å². The second kappa shape index (κ2) is 16.5. The fourth-order valence-corrected chi connectivity index (χ4v) is 8.33. The maximum Gasteiger partial charge on any atom is 0.146 e. The predicted molar refractivity (Wildman–Crippen MR) is 250 cm³/mol. The zero-order valence-electron chi connectivity index (χ0n) is 33.0. The molecule has 1 N–H and O–H groups in total. The van der Waals surface area contributed by atoms with Crippen LogP contribution in [-0.4, -0.2) is 10.7 Å². The van der Waals surface area contributed by atoms with Crippen LogP contribution in [0.4, 0.5) is 0 Å². The van der Waals surface area contributed by atoms with Gasteiger partial charge in [0.05, 0.1) is 17.1 Å². The van der Waals surface area contributed by atoms with Gasteiger partial charge in [-0.3, -0.25) is 4.99 Å². The largest absolute Gasteiger partial charge is 0.359 e. The third-order valence-electron chi connectivity index (χ3n) is 11.1. The van der Waals surface area contributed by atoms with E-state index in [0.717, 1.165) is 95.1 Å². The van der Waals surface area contributed by atoms with Gasteiger partial charge < -0.3 is 5.32 Å². The summed E-state index contributed by atoms with van der Waals surface area (Å²) >= 11 is 0. The summed E-state index contributed by atoms with van der Waals surface area (Å²) in [4.78, 5) is 11.0. The molecule has 0 amide bonds. The standard InChI is InChI=1S/C57H41N3/c1-7-22-40(23-8-1)48-36-19-20-37-49(48)57-58-50(41-24-9-2-10-25-41)39-51(59-57)46-34-21-35-47(38-46)52-53(42-26-11-3-12-27-42)55(44-30-15-5-16-31-44)60-56(45-32-17-6-18-33-45)54(52)43-28-13-4-14-29-43/h1-39,57,59H. The summed E-state index contributed by atoms with van der Waals surface area (Å²) in [7, 11) is 0. The van der Waals surface area contributed by atoms with E-state index in [1.54, 1.807) is 0 Å². The van der Waals surface area contributed by atoms with Gasteiger partial charge in [-0.2, -0.15) is 0 Å². The minimum atomic E-state index is -0.324. The van der Waals surface area contributed by atoms with Gasteiger partial charge in [-0.05, 0) is 51.1 Å². The zero-order chi connectivity index (χ0) is 40.1. The molecule has 1 aliphatic rings. The number of nitrogens with zero attached hydrogens (tertiary/aromatic N) is 2. The summed E-state index contributed by atoms with van der Waals surface area (Å²) in [5.74, 6) is 0. The van der Waals surface area contributed by atoms with Crippen LogP contribution in [0, 0.1) is 0 Å². The van der Waals surface area contributed by atoms with E-state index in [2.05, 4.69) is 242 Å². The van der Waals surface area contributed by atoms with Crippen molar-refractivity contribution in [1.29, 1.82) is 0 Å². The summed E-state index contributed by atoms with van der Waals surface area (Å²) < 4.78 is 0. The smallest absolute Gasteiger partial charge is 0.146 e. The van der Waals surface area contributed by atoms with Crippen molar-refractivity contribution in [3.8, 4) is 67.0 Å². The first kappa shape index (κ1) is 36.5. The van der Waals surface area contributed by atoms with E-state index in [4.69, 9.17) is 9.98 Å². The fraction of sp³-hybridized carbons (Fsp3) is 0.0175. The minimum Gasteiger partial charge on any atom is -0.359 e. The lowest BCUT2D eigenvalue weighted by molar-refractivity contribution is 0.665. The quantitative estimate of drug-likeness (QED) is 0.159. The van der Waals surface area contributed by atoms with E-state index in [1.165, 1.54) is 0 Å². The fourth-order valence-electron chi connectivity index (χ4n) is 8.33. The maximum absolute atomic E-state index is 5.65. The van der Waals surface area contributed by atoms with Gasteiger partial charge in [-0.15, -0.1) is 0 Å². The van der Waals surface area contributed by atoms with Gasteiger partial charge in [0.25, 0.3) is 0 Å². The first-order valence-electron chi connectivity index (χ1n) is 20.4. The third-order valence-corrected chi connectivity index (χ3v) is 11.1. The number of pyridine rings is 1. The Balaban J connectivity index is 1.22. The van der Waals surface area contributed by atoms with Crippen LogP contribution >= 0.6 is 0 Å². The first-order valence-corrected chi connectivity index (χ1v) is 20.4. The monoisotopic (exact) mass is 767 g/mol. The molecule has 1 atom stereocenters. The van der Waals surface area contributed by atoms with Gasteiger partial charge in [0.1, 0.15) is 6.17 Å². The van der Waals surface area contributed by atoms with E-state index in [0.29, 0.717) is 0 Å². The molecule has 0 spiro atoms. The predicted octanol–water partition coefficient (Wildman–Crippen LogP) is 14.2. The van der Waals surface area contributed by atoms with Crippen molar-refractivity contribution in [3.05, 3.63) is 253 Å². The molecule has 60 heavy (non-hydrogen) atoms. The summed E-state index contributed by atoms with van der Waals surface area (Å²) in [5.41, 5.74) is 18.1. The summed E-state index contributed by atoms with van der Waals surface area (Å²) in [5, 5.41) is 3.90. The molecule has 0 bridgehead atoms. The number of hydrogen-bond donors (Lipinski definition) is 1. The van der Waals surface area contributed by atoms with Gasteiger partial charge in [0.2, 0.25) is 0 Å². The van der Waals surface area contributed by atoms with Gasteiger partial charge >= 0.3 is 0 Å². The Morgan fingerprint density at radius 1 is 0.333 bits per heavy atom. The number of aromatic nitrogens is 1. The van der Waals surface area contributed by atoms with Gasteiger partial charge in [0.15, 0.2) is 0 Å². The summed E-state index contributed by atoms with van der Waals surface area (Å²) in [6, 6.07) is 81.3. The van der Waals surface area contributed by atoms with Crippen LogP contribution in [-0.2, 0) is 0 Å². The Morgan fingerprint density at radius 3 is 1.28 bits per heavy atom. The molecule has 1 unspecified atom stereocenters. The molecule has 3 heteroatoms. The molecular weight excluding hydrogens is 727 g/mol. The van der Waals surface area contributed by atoms with E-state index in [9.17, 15) is 0 Å². The third kappa shape index (κ3) is 7.25. The van der Waals surface area contributed by atoms with E-state index in [1.807, 2.05) is 0 Å². The molecule has 1 aromatic heterocycles. The van der Waals surface area contributed by atoms with E-state index >= 15 is 0 Å². The zero-order valence-corrected chi connectivity index (χ0v) is 33.0. The van der Waals surface area contributed by atoms with Gasteiger partial charge in [0, 0.05) is 39.1 Å². The lowest BCUT2D eigenvalue weighted by Gasteiger charge is -2.27. The second-order valence-corrected chi connectivity index (χ2v) is 14.9. The highest BCUT2D eigenvalue weighted by molar-refractivity contribution is 6.13. The molecule has 10 rings (SSSR count). The highest BCUT2D eigenvalue weighted by atomic mass is 15.1. The van der Waals surface area contributed by atoms with Crippen molar-refractivity contribution >= 4 is 11.4 Å². The van der Waals surface area contributed by atoms with E-state index < -0.39 is 0 Å². The van der Waals surface area contributed by atoms with Crippen LogP contribution in [0.15, 0.2) is 242 Å². The summed E-state index contributed by atoms with van der Waals surface area (Å²) in [6.45, 7) is 0. The second-order valence-electron chi connectivity index (χ2n) is 14.9. The Morgan fingerprint density at radius 2 is 0.750 bits per heavy atom. The van der Waals surface area contributed by atoms with Crippen LogP contribution in [0.25, 0.3) is 72.7 Å². The SMILES string of the molecule is C1=C(c2cccc(-c3c(-c4ccccc4)c(-c4ccccc4)nc(-c4ccccc4)c3-c3ccccc3)c2)NC(c2ccccc2-c2ccccc2)N=C1c1ccccc1. The lowest BCUT2D eigenvalue weighted by Crippen LogP contribution is -2.25. The Kier molecular flexibility index (Phi) is 10.0. The molecule has 9 aromatic rings. The van der Waals surface area contributed by atoms with Crippen LogP contribution in [0.2, 0.25) is 0 Å². The van der Waals surface area contributed by atoms with Crippen LogP contribution in [0.3, 0.4) is 0 Å². The molecule has 0 saturated carbocycles. The normalized spacial score (nSPS) is 13.5. The Labute approximate surface area is 351 Å². The average molecular weight is 768 g/mol. The Bertz CT molecular complexity index is 2860. The lowest BCUT2D eigenvalue weighted by atomic mass is 9.83. The Hall–Kier alpha value is -7.88. The van der Waals surface area contributed by atoms with Crippen molar-refractivity contribution in [2.45, 2.75) is 6.17 Å². The molecule has 3 nitrogen and oxygen atoms in total. The number of aliphatic imine (C=N–C) groups is 1. The number of rotatable bonds is 9. The van der Waals surface area contributed by atoms with Crippen molar-refractivity contribution in [1.82, 2.24) is 10.3 Å². The average Bonchev–Trinajstić information content (AvgIpc) is 3.35. The highest BCUT2D eigenvalue weighted by Crippen LogP contribution is 2.49. The molecule has 1 aliphatic heterocycles. The number of benzene rings is 8. The van der Waals surface area contributed by atoms with Crippen molar-refractivity contribution < 1.29 is 0 Å². The topological polar surface area (TPSA) is 37.3 Å². The molecule has 2 heterocycles. The van der Waals surface area contributed by atoms with Gasteiger partial charge in [-0.1, -0.05) is 224 Å². The highest BCUT2D eigenvalue weighted by Gasteiger charge is 2.27.